The second kappa shape index (κ2) is 7.72. The first-order chi connectivity index (χ1) is 13.2. The van der Waals surface area contributed by atoms with Crippen molar-refractivity contribution in [3.05, 3.63) is 46.3 Å². The van der Waals surface area contributed by atoms with Gasteiger partial charge in [0.25, 0.3) is 11.8 Å². The van der Waals surface area contributed by atoms with Crippen LogP contribution in [0.2, 0.25) is 0 Å². The maximum Gasteiger partial charge on any atom is 0.267 e. The van der Waals surface area contributed by atoms with Crippen LogP contribution in [0, 0.1) is 12.7 Å². The van der Waals surface area contributed by atoms with Crippen LogP contribution in [0.1, 0.15) is 45.5 Å². The molecule has 0 fully saturated rings. The summed E-state index contributed by atoms with van der Waals surface area (Å²) < 4.78 is 14.3. The Morgan fingerprint density at radius 1 is 1.21 bits per heavy atom. The van der Waals surface area contributed by atoms with E-state index < -0.39 is 17.6 Å². The molecule has 0 atom stereocenters. The zero-order valence-corrected chi connectivity index (χ0v) is 16.2. The molecule has 0 saturated heterocycles. The first-order valence-corrected chi connectivity index (χ1v) is 9.12. The fourth-order valence-corrected chi connectivity index (χ4v) is 2.90. The van der Waals surface area contributed by atoms with E-state index in [1.165, 1.54) is 29.3 Å². The number of carbonyl (C=O) groups is 2. The van der Waals surface area contributed by atoms with E-state index in [4.69, 9.17) is 5.73 Å². The maximum atomic E-state index is 14.3. The Hall–Kier alpha value is -3.34. The molecule has 0 bridgehead atoms. The second-order valence-corrected chi connectivity index (χ2v) is 7.32. The summed E-state index contributed by atoms with van der Waals surface area (Å²) in [6.07, 6.45) is 2.72. The standard InChI is InChI=1S/C17H18FN7O2S/c1-8(2)25-21-7-14(24-25)23-15(26)10-5-12(9(3)4-11(10)18)22-16(27)13-6-20-17(19)28-13/h4-8H,1-3H3,(H2,19,20)(H,22,27)(H,23,24,26). The van der Waals surface area contributed by atoms with Gasteiger partial charge in [-0.05, 0) is 38.5 Å². The Balaban J connectivity index is 1.81. The molecule has 146 valence electrons. The molecule has 2 aromatic heterocycles. The zero-order chi connectivity index (χ0) is 20.4. The van der Waals surface area contributed by atoms with Crippen molar-refractivity contribution < 1.29 is 14.0 Å². The van der Waals surface area contributed by atoms with Gasteiger partial charge in [-0.15, -0.1) is 5.10 Å². The summed E-state index contributed by atoms with van der Waals surface area (Å²) in [6, 6.07) is 2.47. The number of nitrogens with one attached hydrogen (secondary N) is 2. The van der Waals surface area contributed by atoms with Gasteiger partial charge >= 0.3 is 0 Å². The number of nitrogen functional groups attached to an aromatic ring is 1. The number of amides is 2. The summed E-state index contributed by atoms with van der Waals surface area (Å²) in [4.78, 5) is 30.3. The van der Waals surface area contributed by atoms with Gasteiger partial charge in [0.2, 0.25) is 0 Å². The number of aromatic nitrogens is 4. The maximum absolute atomic E-state index is 14.3. The molecule has 0 aliphatic heterocycles. The molecule has 0 saturated carbocycles. The fourth-order valence-electron chi connectivity index (χ4n) is 2.32. The van der Waals surface area contributed by atoms with Crippen LogP contribution in [0.25, 0.3) is 0 Å². The number of nitrogens with two attached hydrogens (primary N) is 1. The van der Waals surface area contributed by atoms with Crippen LogP contribution in [0.15, 0.2) is 24.5 Å². The lowest BCUT2D eigenvalue weighted by atomic mass is 10.1. The minimum atomic E-state index is -0.716. The van der Waals surface area contributed by atoms with E-state index >= 15 is 0 Å². The van der Waals surface area contributed by atoms with Gasteiger partial charge in [0, 0.05) is 5.69 Å². The summed E-state index contributed by atoms with van der Waals surface area (Å²) in [6.45, 7) is 5.39. The van der Waals surface area contributed by atoms with Crippen LogP contribution < -0.4 is 16.4 Å². The van der Waals surface area contributed by atoms with Gasteiger partial charge in [-0.25, -0.2) is 9.37 Å². The van der Waals surface area contributed by atoms with Gasteiger partial charge in [0.1, 0.15) is 10.7 Å². The Bertz CT molecular complexity index is 1040. The molecule has 9 nitrogen and oxygen atoms in total. The predicted octanol–water partition coefficient (Wildman–Crippen LogP) is 2.85. The highest BCUT2D eigenvalue weighted by molar-refractivity contribution is 7.17. The van der Waals surface area contributed by atoms with E-state index in [2.05, 4.69) is 25.8 Å². The second-order valence-electron chi connectivity index (χ2n) is 6.26. The Morgan fingerprint density at radius 3 is 2.57 bits per heavy atom. The molecular weight excluding hydrogens is 385 g/mol. The number of benzene rings is 1. The van der Waals surface area contributed by atoms with Gasteiger partial charge < -0.3 is 16.4 Å². The highest BCUT2D eigenvalue weighted by atomic mass is 32.1. The van der Waals surface area contributed by atoms with Gasteiger partial charge in [-0.2, -0.15) is 9.90 Å². The molecular formula is C17H18FN7O2S. The van der Waals surface area contributed by atoms with Crippen molar-refractivity contribution >= 4 is 39.8 Å². The molecule has 2 amide bonds. The molecule has 0 unspecified atom stereocenters. The predicted molar refractivity (Wildman–Crippen MR) is 104 cm³/mol. The SMILES string of the molecule is Cc1cc(F)c(C(=O)Nc2cnn(C(C)C)n2)cc1NC(=O)c1cnc(N)s1. The van der Waals surface area contributed by atoms with E-state index in [1.807, 2.05) is 13.8 Å². The van der Waals surface area contributed by atoms with Crippen molar-refractivity contribution in [1.82, 2.24) is 20.0 Å². The first-order valence-electron chi connectivity index (χ1n) is 8.30. The number of hydrogen-bond acceptors (Lipinski definition) is 7. The van der Waals surface area contributed by atoms with Crippen LogP contribution >= 0.6 is 11.3 Å². The number of aryl methyl sites for hydroxylation is 1. The molecule has 4 N–H and O–H groups in total. The largest absolute Gasteiger partial charge is 0.375 e. The van der Waals surface area contributed by atoms with Gasteiger partial charge in [-0.1, -0.05) is 11.3 Å². The summed E-state index contributed by atoms with van der Waals surface area (Å²) in [5, 5.41) is 13.5. The van der Waals surface area contributed by atoms with Crippen LogP contribution in [-0.4, -0.2) is 31.8 Å². The lowest BCUT2D eigenvalue weighted by molar-refractivity contribution is 0.101. The molecule has 2 heterocycles. The van der Waals surface area contributed by atoms with E-state index in [0.29, 0.717) is 16.1 Å². The van der Waals surface area contributed by atoms with E-state index in [0.717, 1.165) is 11.3 Å². The summed E-state index contributed by atoms with van der Waals surface area (Å²) in [7, 11) is 0. The lowest BCUT2D eigenvalue weighted by Gasteiger charge is -2.11. The van der Waals surface area contributed by atoms with Crippen LogP contribution in [0.5, 0.6) is 0 Å². The monoisotopic (exact) mass is 403 g/mol. The summed E-state index contributed by atoms with van der Waals surface area (Å²) in [5.74, 6) is -1.67. The Morgan fingerprint density at radius 2 is 1.96 bits per heavy atom. The number of halogens is 1. The van der Waals surface area contributed by atoms with Gasteiger partial charge in [-0.3, -0.25) is 9.59 Å². The van der Waals surface area contributed by atoms with E-state index in [1.54, 1.807) is 6.92 Å². The van der Waals surface area contributed by atoms with Crippen molar-refractivity contribution in [1.29, 1.82) is 0 Å². The number of hydrogen-bond donors (Lipinski definition) is 3. The molecule has 3 aromatic rings. The van der Waals surface area contributed by atoms with Gasteiger partial charge in [0.15, 0.2) is 10.9 Å². The lowest BCUT2D eigenvalue weighted by Crippen LogP contribution is -2.17. The van der Waals surface area contributed by atoms with Crippen molar-refractivity contribution in [2.75, 3.05) is 16.4 Å². The average molecular weight is 403 g/mol. The number of thiazole rings is 1. The number of anilines is 3. The number of rotatable bonds is 5. The third-order valence-corrected chi connectivity index (χ3v) is 4.59. The molecule has 1 aromatic carbocycles. The average Bonchev–Trinajstić information content (AvgIpc) is 3.26. The summed E-state index contributed by atoms with van der Waals surface area (Å²) >= 11 is 1.02. The smallest absolute Gasteiger partial charge is 0.267 e. The van der Waals surface area contributed by atoms with Gasteiger partial charge in [0.05, 0.1) is 24.0 Å². The zero-order valence-electron chi connectivity index (χ0n) is 15.4. The Labute approximate surface area is 163 Å². The quantitative estimate of drug-likeness (QED) is 0.601. The van der Waals surface area contributed by atoms with E-state index in [-0.39, 0.29) is 22.6 Å². The number of carbonyl (C=O) groups excluding carboxylic acids is 2. The fraction of sp³-hybridized carbons (Fsp3) is 0.235. The third-order valence-electron chi connectivity index (χ3n) is 3.77. The molecule has 3 rings (SSSR count). The van der Waals surface area contributed by atoms with E-state index in [9.17, 15) is 14.0 Å². The minimum absolute atomic E-state index is 0.0179. The normalized spacial score (nSPS) is 10.9. The topological polar surface area (TPSA) is 128 Å². The highest BCUT2D eigenvalue weighted by Gasteiger charge is 2.18. The molecule has 0 aliphatic carbocycles. The number of nitrogens with zero attached hydrogens (tertiary/aromatic N) is 4. The first kappa shape index (κ1) is 19.4. The molecule has 0 radical (unpaired) electrons. The third kappa shape index (κ3) is 4.14. The van der Waals surface area contributed by atoms with Crippen molar-refractivity contribution in [2.24, 2.45) is 0 Å². The van der Waals surface area contributed by atoms with Crippen molar-refractivity contribution in [2.45, 2.75) is 26.8 Å². The molecule has 11 heteroatoms. The van der Waals surface area contributed by atoms with Crippen molar-refractivity contribution in [3.63, 3.8) is 0 Å². The molecule has 0 aliphatic rings. The minimum Gasteiger partial charge on any atom is -0.375 e. The van der Waals surface area contributed by atoms with Crippen LogP contribution in [0.4, 0.5) is 21.0 Å². The summed E-state index contributed by atoms with van der Waals surface area (Å²) in [5.41, 5.74) is 6.06. The van der Waals surface area contributed by atoms with Crippen LogP contribution in [0.3, 0.4) is 0 Å². The molecule has 28 heavy (non-hydrogen) atoms. The highest BCUT2D eigenvalue weighted by Crippen LogP contribution is 2.23. The molecule has 0 spiro atoms. The van der Waals surface area contributed by atoms with Crippen molar-refractivity contribution in [3.8, 4) is 0 Å². The Kier molecular flexibility index (Phi) is 5.36. The van der Waals surface area contributed by atoms with Crippen LogP contribution in [-0.2, 0) is 0 Å².